The Morgan fingerprint density at radius 3 is 2.57 bits per heavy atom. The van der Waals surface area contributed by atoms with E-state index in [9.17, 15) is 8.78 Å². The number of piperazine rings is 1. The van der Waals surface area contributed by atoms with Gasteiger partial charge in [0.2, 0.25) is 0 Å². The first-order chi connectivity index (χ1) is 9.75. The van der Waals surface area contributed by atoms with Crippen LogP contribution in [0, 0.1) is 11.6 Å². The van der Waals surface area contributed by atoms with E-state index >= 15 is 0 Å². The van der Waals surface area contributed by atoms with Crippen molar-refractivity contribution in [3.63, 3.8) is 0 Å². The average molecular weight is 331 g/mol. The highest BCUT2D eigenvalue weighted by molar-refractivity contribution is 7.10. The first-order valence-corrected chi connectivity index (χ1v) is 7.57. The SMILES string of the molecule is Cl.Fc1ccc(F)c([C@@H](c2cccs2)N2CCNCC2)c1. The van der Waals surface area contributed by atoms with Crippen LogP contribution in [0.4, 0.5) is 8.78 Å². The Labute approximate surface area is 133 Å². The highest BCUT2D eigenvalue weighted by Gasteiger charge is 2.27. The van der Waals surface area contributed by atoms with Crippen molar-refractivity contribution in [2.45, 2.75) is 6.04 Å². The summed E-state index contributed by atoms with van der Waals surface area (Å²) in [6.07, 6.45) is 0. The van der Waals surface area contributed by atoms with Gasteiger partial charge in [0.15, 0.2) is 0 Å². The zero-order chi connectivity index (χ0) is 13.9. The monoisotopic (exact) mass is 330 g/mol. The van der Waals surface area contributed by atoms with Crippen molar-refractivity contribution < 1.29 is 8.78 Å². The fraction of sp³-hybridized carbons (Fsp3) is 0.333. The Bertz CT molecular complexity index is 571. The van der Waals surface area contributed by atoms with Crippen LogP contribution in [0.2, 0.25) is 0 Å². The second-order valence-electron chi connectivity index (χ2n) is 4.87. The molecule has 0 unspecified atom stereocenters. The number of benzene rings is 1. The molecule has 1 N–H and O–H groups in total. The van der Waals surface area contributed by atoms with Crippen molar-refractivity contribution in [1.29, 1.82) is 0 Å². The molecule has 1 aromatic carbocycles. The van der Waals surface area contributed by atoms with Gasteiger partial charge >= 0.3 is 0 Å². The molecule has 21 heavy (non-hydrogen) atoms. The Hall–Kier alpha value is -1.01. The Morgan fingerprint density at radius 1 is 1.14 bits per heavy atom. The number of nitrogens with one attached hydrogen (secondary N) is 1. The summed E-state index contributed by atoms with van der Waals surface area (Å²) in [7, 11) is 0. The largest absolute Gasteiger partial charge is 0.314 e. The Morgan fingerprint density at radius 2 is 1.90 bits per heavy atom. The molecule has 1 saturated heterocycles. The van der Waals surface area contributed by atoms with Crippen LogP contribution < -0.4 is 5.32 Å². The lowest BCUT2D eigenvalue weighted by molar-refractivity contribution is 0.197. The van der Waals surface area contributed by atoms with Crippen molar-refractivity contribution in [2.24, 2.45) is 0 Å². The van der Waals surface area contributed by atoms with Gasteiger partial charge in [-0.3, -0.25) is 4.90 Å². The lowest BCUT2D eigenvalue weighted by atomic mass is 10.0. The molecule has 2 nitrogen and oxygen atoms in total. The summed E-state index contributed by atoms with van der Waals surface area (Å²) < 4.78 is 27.7. The van der Waals surface area contributed by atoms with Gasteiger partial charge < -0.3 is 5.32 Å². The molecule has 1 atom stereocenters. The molecule has 6 heteroatoms. The fourth-order valence-electron chi connectivity index (χ4n) is 2.64. The van der Waals surface area contributed by atoms with Crippen molar-refractivity contribution in [2.75, 3.05) is 26.2 Å². The van der Waals surface area contributed by atoms with Crippen LogP contribution in [0.25, 0.3) is 0 Å². The maximum absolute atomic E-state index is 14.2. The highest BCUT2D eigenvalue weighted by atomic mass is 35.5. The number of hydrogen-bond donors (Lipinski definition) is 1. The number of rotatable bonds is 3. The van der Waals surface area contributed by atoms with Crippen molar-refractivity contribution in [3.8, 4) is 0 Å². The minimum atomic E-state index is -0.391. The van der Waals surface area contributed by atoms with Gasteiger partial charge in [0.25, 0.3) is 0 Å². The molecule has 1 aliphatic rings. The average Bonchev–Trinajstić information content (AvgIpc) is 2.98. The summed E-state index contributed by atoms with van der Waals surface area (Å²) in [5.74, 6) is -0.735. The lowest BCUT2D eigenvalue weighted by Crippen LogP contribution is -2.45. The van der Waals surface area contributed by atoms with Crippen LogP contribution in [0.5, 0.6) is 0 Å². The number of halogens is 3. The minimum Gasteiger partial charge on any atom is -0.314 e. The van der Waals surface area contributed by atoms with Crippen LogP contribution in [0.3, 0.4) is 0 Å². The van der Waals surface area contributed by atoms with Crippen LogP contribution in [0.1, 0.15) is 16.5 Å². The standard InChI is InChI=1S/C15H16F2N2S.ClH/c16-11-3-4-13(17)12(10-11)15(14-2-1-9-20-14)19-7-5-18-6-8-19;/h1-4,9-10,15,18H,5-8H2;1H/t15-;/m0./s1. The molecule has 0 amide bonds. The molecule has 2 heterocycles. The Kier molecular flexibility index (Phi) is 5.70. The van der Waals surface area contributed by atoms with Crippen LogP contribution >= 0.6 is 23.7 Å². The van der Waals surface area contributed by atoms with E-state index in [-0.39, 0.29) is 24.3 Å². The number of nitrogens with zero attached hydrogens (tertiary/aromatic N) is 1. The van der Waals surface area contributed by atoms with E-state index < -0.39 is 5.82 Å². The smallest absolute Gasteiger partial charge is 0.128 e. The van der Waals surface area contributed by atoms with E-state index in [1.54, 1.807) is 11.3 Å². The van der Waals surface area contributed by atoms with Crippen LogP contribution in [0.15, 0.2) is 35.7 Å². The van der Waals surface area contributed by atoms with Gasteiger partial charge in [0.1, 0.15) is 11.6 Å². The lowest BCUT2D eigenvalue weighted by Gasteiger charge is -2.34. The maximum Gasteiger partial charge on any atom is 0.128 e. The van der Waals surface area contributed by atoms with Gasteiger partial charge in [-0.25, -0.2) is 8.78 Å². The normalized spacial score (nSPS) is 17.2. The second kappa shape index (κ2) is 7.31. The van der Waals surface area contributed by atoms with Gasteiger partial charge in [-0.15, -0.1) is 23.7 Å². The van der Waals surface area contributed by atoms with E-state index in [0.717, 1.165) is 31.1 Å². The second-order valence-corrected chi connectivity index (χ2v) is 5.85. The summed E-state index contributed by atoms with van der Waals surface area (Å²) in [6, 6.07) is 7.44. The first kappa shape index (κ1) is 16.4. The quantitative estimate of drug-likeness (QED) is 0.927. The van der Waals surface area contributed by atoms with Gasteiger partial charge in [0.05, 0.1) is 6.04 Å². The van der Waals surface area contributed by atoms with E-state index in [2.05, 4.69) is 10.2 Å². The third kappa shape index (κ3) is 3.61. The molecule has 3 rings (SSSR count). The minimum absolute atomic E-state index is 0. The van der Waals surface area contributed by atoms with E-state index in [1.165, 1.54) is 18.2 Å². The van der Waals surface area contributed by atoms with Crippen molar-refractivity contribution >= 4 is 23.7 Å². The van der Waals surface area contributed by atoms with E-state index in [0.29, 0.717) is 5.56 Å². The third-order valence-corrected chi connectivity index (χ3v) is 4.51. The molecule has 1 aliphatic heterocycles. The van der Waals surface area contributed by atoms with E-state index in [4.69, 9.17) is 0 Å². The van der Waals surface area contributed by atoms with Gasteiger partial charge in [-0.2, -0.15) is 0 Å². The van der Waals surface area contributed by atoms with Crippen molar-refractivity contribution in [3.05, 3.63) is 57.8 Å². The van der Waals surface area contributed by atoms with Gasteiger partial charge in [0, 0.05) is 36.6 Å². The number of thiophene rings is 1. The maximum atomic E-state index is 14.2. The molecule has 0 saturated carbocycles. The number of hydrogen-bond acceptors (Lipinski definition) is 3. The van der Waals surface area contributed by atoms with E-state index in [1.807, 2.05) is 17.5 Å². The molecular weight excluding hydrogens is 314 g/mol. The summed E-state index contributed by atoms with van der Waals surface area (Å²) >= 11 is 1.58. The van der Waals surface area contributed by atoms with Gasteiger partial charge in [-0.1, -0.05) is 6.07 Å². The summed E-state index contributed by atoms with van der Waals surface area (Å²) in [6.45, 7) is 3.41. The third-order valence-electron chi connectivity index (χ3n) is 3.58. The molecule has 1 fully saturated rings. The summed E-state index contributed by atoms with van der Waals surface area (Å²) in [4.78, 5) is 3.26. The molecule has 0 spiro atoms. The topological polar surface area (TPSA) is 15.3 Å². The fourth-order valence-corrected chi connectivity index (χ4v) is 3.52. The zero-order valence-corrected chi connectivity index (χ0v) is 13.0. The molecule has 0 bridgehead atoms. The van der Waals surface area contributed by atoms with Crippen molar-refractivity contribution in [1.82, 2.24) is 10.2 Å². The molecule has 114 valence electrons. The molecule has 0 aliphatic carbocycles. The van der Waals surface area contributed by atoms with Gasteiger partial charge in [-0.05, 0) is 29.6 Å². The zero-order valence-electron chi connectivity index (χ0n) is 11.4. The predicted molar refractivity (Wildman–Crippen MR) is 84.2 cm³/mol. The van der Waals surface area contributed by atoms with Crippen LogP contribution in [-0.4, -0.2) is 31.1 Å². The first-order valence-electron chi connectivity index (χ1n) is 6.69. The summed E-state index contributed by atoms with van der Waals surface area (Å²) in [5.41, 5.74) is 0.425. The molecule has 1 aromatic heterocycles. The summed E-state index contributed by atoms with van der Waals surface area (Å²) in [5, 5.41) is 5.26. The molecule has 0 radical (unpaired) electrons. The van der Waals surface area contributed by atoms with Crippen LogP contribution in [-0.2, 0) is 0 Å². The molecule has 2 aromatic rings. The molecular formula is C15H17ClF2N2S. The Balaban J connectivity index is 0.00000161. The highest BCUT2D eigenvalue weighted by Crippen LogP contribution is 2.33. The predicted octanol–water partition coefficient (Wildman–Crippen LogP) is 3.44.